The summed E-state index contributed by atoms with van der Waals surface area (Å²) in [6, 6.07) is 3.30. The van der Waals surface area contributed by atoms with Crippen LogP contribution in [0.1, 0.15) is 24.9 Å². The molecule has 0 amide bonds. The third kappa shape index (κ3) is 3.04. The summed E-state index contributed by atoms with van der Waals surface area (Å²) < 4.78 is 13.7. The van der Waals surface area contributed by atoms with E-state index in [9.17, 15) is 4.39 Å². The molecular weight excluding hydrogens is 283 g/mol. The molecule has 1 aliphatic heterocycles. The predicted molar refractivity (Wildman–Crippen MR) is 84.2 cm³/mol. The van der Waals surface area contributed by atoms with Crippen molar-refractivity contribution in [2.24, 2.45) is 11.7 Å². The van der Waals surface area contributed by atoms with Crippen molar-refractivity contribution in [2.45, 2.75) is 19.4 Å². The van der Waals surface area contributed by atoms with Crippen LogP contribution in [-0.2, 0) is 0 Å². The van der Waals surface area contributed by atoms with Crippen molar-refractivity contribution >= 4 is 11.6 Å². The molecule has 6 nitrogen and oxygen atoms in total. The van der Waals surface area contributed by atoms with Crippen molar-refractivity contribution in [3.63, 3.8) is 0 Å². The summed E-state index contributed by atoms with van der Waals surface area (Å²) >= 11 is 0. The molecule has 2 unspecified atom stereocenters. The maximum atomic E-state index is 13.7. The number of hydrogen-bond donors (Lipinski definition) is 3. The van der Waals surface area contributed by atoms with Crippen LogP contribution >= 0.6 is 0 Å². The van der Waals surface area contributed by atoms with Gasteiger partial charge in [-0.2, -0.15) is 5.10 Å². The maximum absolute atomic E-state index is 13.7. The van der Waals surface area contributed by atoms with Crippen LogP contribution in [0.25, 0.3) is 0 Å². The fraction of sp³-hybridized carbons (Fsp3) is 0.467. The van der Waals surface area contributed by atoms with E-state index in [0.717, 1.165) is 36.7 Å². The third-order valence-electron chi connectivity index (χ3n) is 4.12. The highest BCUT2D eigenvalue weighted by molar-refractivity contribution is 5.52. The van der Waals surface area contributed by atoms with Crippen LogP contribution in [0.4, 0.5) is 16.0 Å². The Balaban J connectivity index is 1.84. The Morgan fingerprint density at radius 2 is 2.45 bits per heavy atom. The number of aromatic nitrogens is 3. The number of H-pyrrole nitrogens is 1. The van der Waals surface area contributed by atoms with E-state index in [1.165, 1.54) is 6.20 Å². The Labute approximate surface area is 128 Å². The average molecular weight is 304 g/mol. The van der Waals surface area contributed by atoms with Crippen LogP contribution in [0.3, 0.4) is 0 Å². The van der Waals surface area contributed by atoms with Gasteiger partial charge in [-0.05, 0) is 37.9 Å². The summed E-state index contributed by atoms with van der Waals surface area (Å²) in [5.74, 6) is 1.78. The molecule has 0 bridgehead atoms. The first-order chi connectivity index (χ1) is 10.7. The molecule has 1 fully saturated rings. The number of nitrogens with one attached hydrogen (secondary N) is 2. The van der Waals surface area contributed by atoms with E-state index >= 15 is 0 Å². The Morgan fingerprint density at radius 1 is 1.59 bits per heavy atom. The Hall–Kier alpha value is -2.15. The van der Waals surface area contributed by atoms with Crippen molar-refractivity contribution < 1.29 is 4.39 Å². The molecule has 2 aromatic rings. The van der Waals surface area contributed by atoms with E-state index in [1.807, 2.05) is 13.0 Å². The number of halogens is 1. The highest BCUT2D eigenvalue weighted by Crippen LogP contribution is 2.30. The third-order valence-corrected chi connectivity index (χ3v) is 4.12. The standard InChI is InChI=1S/C15H21FN6/c1-10(20-14-2-4-19-21-14)13-6-12(16)8-18-15(13)22-5-3-11(7-17)9-22/h2,4,6,8,10-11H,3,5,7,9,17H2,1H3,(H2,19,20,21). The average Bonchev–Trinajstić information content (AvgIpc) is 3.18. The van der Waals surface area contributed by atoms with Gasteiger partial charge in [-0.1, -0.05) is 0 Å². The van der Waals surface area contributed by atoms with Gasteiger partial charge in [-0.3, -0.25) is 5.10 Å². The normalized spacial score (nSPS) is 19.4. The van der Waals surface area contributed by atoms with E-state index in [0.29, 0.717) is 12.5 Å². The molecule has 1 saturated heterocycles. The number of nitrogens with zero attached hydrogens (tertiary/aromatic N) is 3. The summed E-state index contributed by atoms with van der Waals surface area (Å²) in [4.78, 5) is 6.52. The first-order valence-corrected chi connectivity index (χ1v) is 7.53. The minimum Gasteiger partial charge on any atom is -0.364 e. The molecule has 2 aromatic heterocycles. The zero-order valence-corrected chi connectivity index (χ0v) is 12.6. The predicted octanol–water partition coefficient (Wildman–Crippen LogP) is 1.90. The van der Waals surface area contributed by atoms with E-state index in [2.05, 4.69) is 25.4 Å². The zero-order valence-electron chi connectivity index (χ0n) is 12.6. The number of anilines is 2. The van der Waals surface area contributed by atoms with Crippen molar-refractivity contribution in [2.75, 3.05) is 29.9 Å². The summed E-state index contributed by atoms with van der Waals surface area (Å²) in [5.41, 5.74) is 6.60. The van der Waals surface area contributed by atoms with Gasteiger partial charge < -0.3 is 16.0 Å². The van der Waals surface area contributed by atoms with Gasteiger partial charge in [0.25, 0.3) is 0 Å². The second-order valence-electron chi connectivity index (χ2n) is 5.74. The summed E-state index contributed by atoms with van der Waals surface area (Å²) in [6.45, 7) is 4.44. The molecule has 22 heavy (non-hydrogen) atoms. The van der Waals surface area contributed by atoms with Gasteiger partial charge in [0.1, 0.15) is 17.5 Å². The van der Waals surface area contributed by atoms with Crippen LogP contribution < -0.4 is 16.0 Å². The SMILES string of the molecule is CC(Nc1ccn[nH]1)c1cc(F)cnc1N1CCC(CN)C1. The molecule has 0 aromatic carbocycles. The van der Waals surface area contributed by atoms with Crippen molar-refractivity contribution in [1.29, 1.82) is 0 Å². The van der Waals surface area contributed by atoms with Gasteiger partial charge >= 0.3 is 0 Å². The molecule has 0 spiro atoms. The van der Waals surface area contributed by atoms with E-state index in [-0.39, 0.29) is 11.9 Å². The first-order valence-electron chi connectivity index (χ1n) is 7.53. The Morgan fingerprint density at radius 3 is 3.14 bits per heavy atom. The molecule has 1 aliphatic rings. The smallest absolute Gasteiger partial charge is 0.142 e. The quantitative estimate of drug-likeness (QED) is 0.786. The van der Waals surface area contributed by atoms with Gasteiger partial charge in [0.2, 0.25) is 0 Å². The lowest BCUT2D eigenvalue weighted by atomic mass is 10.1. The lowest BCUT2D eigenvalue weighted by molar-refractivity contribution is 0.600. The van der Waals surface area contributed by atoms with Crippen molar-refractivity contribution in [3.05, 3.63) is 35.9 Å². The van der Waals surface area contributed by atoms with Crippen LogP contribution in [0.15, 0.2) is 24.5 Å². The minimum atomic E-state index is -0.327. The lowest BCUT2D eigenvalue weighted by Crippen LogP contribution is -2.25. The second-order valence-corrected chi connectivity index (χ2v) is 5.74. The van der Waals surface area contributed by atoms with Crippen molar-refractivity contribution in [1.82, 2.24) is 15.2 Å². The molecular formula is C15H21FN6. The largest absolute Gasteiger partial charge is 0.364 e. The van der Waals surface area contributed by atoms with Gasteiger partial charge in [-0.15, -0.1) is 0 Å². The van der Waals surface area contributed by atoms with Crippen LogP contribution in [0, 0.1) is 11.7 Å². The van der Waals surface area contributed by atoms with Crippen LogP contribution in [0.5, 0.6) is 0 Å². The highest BCUT2D eigenvalue weighted by Gasteiger charge is 2.26. The monoisotopic (exact) mass is 304 g/mol. The van der Waals surface area contributed by atoms with Crippen LogP contribution in [0.2, 0.25) is 0 Å². The van der Waals surface area contributed by atoms with E-state index in [1.54, 1.807) is 12.3 Å². The summed E-state index contributed by atoms with van der Waals surface area (Å²) in [6.07, 6.45) is 4.00. The summed E-state index contributed by atoms with van der Waals surface area (Å²) in [7, 11) is 0. The van der Waals surface area contributed by atoms with Crippen LogP contribution in [-0.4, -0.2) is 34.8 Å². The molecule has 4 N–H and O–H groups in total. The number of hydrogen-bond acceptors (Lipinski definition) is 5. The molecule has 2 atom stereocenters. The molecule has 0 aliphatic carbocycles. The fourth-order valence-electron chi connectivity index (χ4n) is 2.90. The molecule has 7 heteroatoms. The second kappa shape index (κ2) is 6.31. The van der Waals surface area contributed by atoms with Gasteiger partial charge in [0, 0.05) is 18.7 Å². The first kappa shape index (κ1) is 14.8. The Kier molecular flexibility index (Phi) is 4.24. The molecule has 3 heterocycles. The fourth-order valence-corrected chi connectivity index (χ4v) is 2.90. The number of pyridine rings is 1. The molecule has 118 valence electrons. The van der Waals surface area contributed by atoms with Gasteiger partial charge in [-0.25, -0.2) is 9.37 Å². The van der Waals surface area contributed by atoms with Gasteiger partial charge in [0.15, 0.2) is 0 Å². The van der Waals surface area contributed by atoms with E-state index < -0.39 is 0 Å². The van der Waals surface area contributed by atoms with E-state index in [4.69, 9.17) is 5.73 Å². The highest BCUT2D eigenvalue weighted by atomic mass is 19.1. The topological polar surface area (TPSA) is 82.9 Å². The van der Waals surface area contributed by atoms with Gasteiger partial charge in [0.05, 0.1) is 18.4 Å². The number of rotatable bonds is 5. The summed E-state index contributed by atoms with van der Waals surface area (Å²) in [5, 5.41) is 10.0. The van der Waals surface area contributed by atoms with Crippen molar-refractivity contribution in [3.8, 4) is 0 Å². The maximum Gasteiger partial charge on any atom is 0.142 e. The Bertz CT molecular complexity index is 615. The molecule has 0 radical (unpaired) electrons. The lowest BCUT2D eigenvalue weighted by Gasteiger charge is -2.24. The molecule has 3 rings (SSSR count). The minimum absolute atomic E-state index is 0.0874. The number of aromatic amines is 1. The molecule has 0 saturated carbocycles. The zero-order chi connectivity index (χ0) is 15.5. The number of nitrogens with two attached hydrogens (primary N) is 1.